The van der Waals surface area contributed by atoms with Gasteiger partial charge >= 0.3 is 6.09 Å². The molecule has 8 nitrogen and oxygen atoms in total. The van der Waals surface area contributed by atoms with Crippen LogP contribution in [0.4, 0.5) is 9.93 Å². The number of fused-ring (bicyclic) bond motifs is 1. The average Bonchev–Trinajstić information content (AvgIpc) is 3.35. The molecule has 0 saturated carbocycles. The standard InChI is InChI=1S/C24H21N5O3S/c25-21(30)20-18-9-5-4-6-16(18)10-11-19(20)32-24(31)29-14-12-28(13-15-29)23-26-22(27-33-23)17-7-2-1-3-8-17/h1-11H,12-15H2,(H2,25,30). The minimum absolute atomic E-state index is 0.172. The van der Waals surface area contributed by atoms with Gasteiger partial charge in [-0.05, 0) is 16.8 Å². The topological polar surface area (TPSA) is 102 Å². The van der Waals surface area contributed by atoms with E-state index in [4.69, 9.17) is 10.5 Å². The van der Waals surface area contributed by atoms with Gasteiger partial charge in [-0.3, -0.25) is 4.79 Å². The second-order valence-corrected chi connectivity index (χ2v) is 8.36. The highest BCUT2D eigenvalue weighted by atomic mass is 32.1. The summed E-state index contributed by atoms with van der Waals surface area (Å²) in [6.07, 6.45) is -0.505. The summed E-state index contributed by atoms with van der Waals surface area (Å²) in [6.45, 7) is 2.16. The van der Waals surface area contributed by atoms with Gasteiger partial charge in [-0.1, -0.05) is 60.7 Å². The number of hydrogen-bond acceptors (Lipinski definition) is 7. The molecule has 1 aliphatic heterocycles. The van der Waals surface area contributed by atoms with E-state index >= 15 is 0 Å². The summed E-state index contributed by atoms with van der Waals surface area (Å²) >= 11 is 1.35. The molecule has 0 radical (unpaired) electrons. The van der Waals surface area contributed by atoms with E-state index in [-0.39, 0.29) is 11.3 Å². The van der Waals surface area contributed by atoms with Crippen LogP contribution in [-0.4, -0.2) is 52.4 Å². The lowest BCUT2D eigenvalue weighted by molar-refractivity contribution is 0.0998. The maximum Gasteiger partial charge on any atom is 0.415 e. The first kappa shape index (κ1) is 20.9. The number of benzene rings is 3. The molecule has 166 valence electrons. The van der Waals surface area contributed by atoms with Crippen molar-refractivity contribution >= 4 is 39.4 Å². The van der Waals surface area contributed by atoms with E-state index < -0.39 is 12.0 Å². The summed E-state index contributed by atoms with van der Waals surface area (Å²) in [6, 6.07) is 20.6. The van der Waals surface area contributed by atoms with E-state index in [0.29, 0.717) is 37.4 Å². The molecule has 0 bridgehead atoms. The van der Waals surface area contributed by atoms with Crippen molar-refractivity contribution in [2.24, 2.45) is 5.73 Å². The van der Waals surface area contributed by atoms with Gasteiger partial charge in [0.1, 0.15) is 5.75 Å². The van der Waals surface area contributed by atoms with Crippen molar-refractivity contribution in [3.8, 4) is 17.1 Å². The van der Waals surface area contributed by atoms with Gasteiger partial charge < -0.3 is 20.3 Å². The first-order valence-corrected chi connectivity index (χ1v) is 11.3. The van der Waals surface area contributed by atoms with Gasteiger partial charge in [-0.25, -0.2) is 4.79 Å². The van der Waals surface area contributed by atoms with Gasteiger partial charge in [-0.15, -0.1) is 0 Å². The summed E-state index contributed by atoms with van der Waals surface area (Å²) in [7, 11) is 0. The number of aromatic nitrogens is 2. The van der Waals surface area contributed by atoms with E-state index in [2.05, 4.69) is 14.3 Å². The normalized spacial score (nSPS) is 13.8. The van der Waals surface area contributed by atoms with E-state index in [1.165, 1.54) is 11.5 Å². The SMILES string of the molecule is NC(=O)c1c(OC(=O)N2CCN(c3nc(-c4ccccc4)ns3)CC2)ccc2ccccc12. The zero-order valence-corrected chi connectivity index (χ0v) is 18.5. The van der Waals surface area contributed by atoms with Crippen LogP contribution >= 0.6 is 11.5 Å². The maximum atomic E-state index is 12.8. The molecule has 5 rings (SSSR count). The molecule has 2 amide bonds. The highest BCUT2D eigenvalue weighted by Gasteiger charge is 2.26. The van der Waals surface area contributed by atoms with E-state index in [9.17, 15) is 9.59 Å². The molecule has 33 heavy (non-hydrogen) atoms. The summed E-state index contributed by atoms with van der Waals surface area (Å²) < 4.78 is 10.1. The van der Waals surface area contributed by atoms with Gasteiger partial charge in [0, 0.05) is 43.3 Å². The summed E-state index contributed by atoms with van der Waals surface area (Å²) in [5.74, 6) is 0.239. The number of primary amides is 1. The number of rotatable bonds is 4. The molecule has 0 atom stereocenters. The van der Waals surface area contributed by atoms with Crippen LogP contribution in [-0.2, 0) is 0 Å². The molecule has 2 N–H and O–H groups in total. The van der Waals surface area contributed by atoms with Crippen molar-refractivity contribution in [2.45, 2.75) is 0 Å². The smallest absolute Gasteiger partial charge is 0.409 e. The Balaban J connectivity index is 1.26. The number of ether oxygens (including phenoxy) is 1. The molecule has 0 unspecified atom stereocenters. The molecule has 1 aromatic heterocycles. The number of nitrogens with zero attached hydrogens (tertiary/aromatic N) is 4. The molecule has 2 heterocycles. The summed E-state index contributed by atoms with van der Waals surface area (Å²) in [5.41, 5.74) is 6.78. The van der Waals surface area contributed by atoms with Crippen molar-refractivity contribution in [1.29, 1.82) is 0 Å². The Bertz CT molecular complexity index is 1320. The van der Waals surface area contributed by atoms with Crippen LogP contribution in [0.2, 0.25) is 0 Å². The average molecular weight is 460 g/mol. The third kappa shape index (κ3) is 4.22. The number of anilines is 1. The van der Waals surface area contributed by atoms with Crippen LogP contribution in [0.15, 0.2) is 66.7 Å². The second kappa shape index (κ2) is 8.87. The van der Waals surface area contributed by atoms with Gasteiger partial charge in [0.05, 0.1) is 5.56 Å². The van der Waals surface area contributed by atoms with Crippen molar-refractivity contribution < 1.29 is 14.3 Å². The number of carbonyl (C=O) groups excluding carboxylic acids is 2. The van der Waals surface area contributed by atoms with Crippen LogP contribution < -0.4 is 15.4 Å². The molecule has 4 aromatic rings. The molecule has 0 spiro atoms. The van der Waals surface area contributed by atoms with Crippen molar-refractivity contribution in [3.05, 3.63) is 72.3 Å². The Morgan fingerprint density at radius 2 is 1.64 bits per heavy atom. The van der Waals surface area contributed by atoms with Gasteiger partial charge in [0.15, 0.2) is 5.82 Å². The number of piperazine rings is 1. The number of carbonyl (C=O) groups is 2. The highest BCUT2D eigenvalue weighted by Crippen LogP contribution is 2.29. The second-order valence-electron chi connectivity index (χ2n) is 7.63. The zero-order chi connectivity index (χ0) is 22.8. The highest BCUT2D eigenvalue weighted by molar-refractivity contribution is 7.09. The fraction of sp³-hybridized carbons (Fsp3) is 0.167. The first-order valence-electron chi connectivity index (χ1n) is 10.5. The number of nitrogens with two attached hydrogens (primary N) is 1. The molecule has 3 aromatic carbocycles. The van der Waals surface area contributed by atoms with Gasteiger partial charge in [-0.2, -0.15) is 9.36 Å². The largest absolute Gasteiger partial charge is 0.415 e. The molecule has 1 saturated heterocycles. The monoisotopic (exact) mass is 459 g/mol. The fourth-order valence-electron chi connectivity index (χ4n) is 3.88. The Kier molecular flexibility index (Phi) is 5.62. The lowest BCUT2D eigenvalue weighted by Gasteiger charge is -2.33. The van der Waals surface area contributed by atoms with Crippen LogP contribution in [0.25, 0.3) is 22.2 Å². The molecular formula is C24H21N5O3S. The number of hydrogen-bond donors (Lipinski definition) is 1. The molecule has 0 aliphatic carbocycles. The Labute approximate surface area is 194 Å². The van der Waals surface area contributed by atoms with Crippen LogP contribution in [0, 0.1) is 0 Å². The molecule has 9 heteroatoms. The van der Waals surface area contributed by atoms with E-state index in [0.717, 1.165) is 16.1 Å². The zero-order valence-electron chi connectivity index (χ0n) is 17.7. The summed E-state index contributed by atoms with van der Waals surface area (Å²) in [4.78, 5) is 33.3. The minimum Gasteiger partial charge on any atom is -0.409 e. The van der Waals surface area contributed by atoms with Crippen molar-refractivity contribution in [2.75, 3.05) is 31.1 Å². The minimum atomic E-state index is -0.634. The number of amides is 2. The first-order chi connectivity index (χ1) is 16.1. The Morgan fingerprint density at radius 3 is 2.39 bits per heavy atom. The van der Waals surface area contributed by atoms with Crippen LogP contribution in [0.3, 0.4) is 0 Å². The summed E-state index contributed by atoms with van der Waals surface area (Å²) in [5, 5.41) is 2.34. The Morgan fingerprint density at radius 1 is 0.909 bits per heavy atom. The lowest BCUT2D eigenvalue weighted by atomic mass is 10.0. The fourth-order valence-corrected chi connectivity index (χ4v) is 4.62. The van der Waals surface area contributed by atoms with Gasteiger partial charge in [0.2, 0.25) is 5.13 Å². The molecular weight excluding hydrogens is 438 g/mol. The Hall–Kier alpha value is -3.98. The third-order valence-corrected chi connectivity index (χ3v) is 6.37. The van der Waals surface area contributed by atoms with Gasteiger partial charge in [0.25, 0.3) is 5.91 Å². The predicted octanol–water partition coefficient (Wildman–Crippen LogP) is 3.78. The van der Waals surface area contributed by atoms with Crippen LogP contribution in [0.5, 0.6) is 5.75 Å². The quantitative estimate of drug-likeness (QED) is 0.498. The van der Waals surface area contributed by atoms with Crippen molar-refractivity contribution in [3.63, 3.8) is 0 Å². The molecule has 1 aliphatic rings. The molecule has 1 fully saturated rings. The third-order valence-electron chi connectivity index (χ3n) is 5.59. The van der Waals surface area contributed by atoms with Crippen molar-refractivity contribution in [1.82, 2.24) is 14.3 Å². The van der Waals surface area contributed by atoms with E-state index in [1.807, 2.05) is 54.6 Å². The predicted molar refractivity (Wildman–Crippen MR) is 128 cm³/mol. The van der Waals surface area contributed by atoms with E-state index in [1.54, 1.807) is 17.0 Å². The van der Waals surface area contributed by atoms with Crippen LogP contribution in [0.1, 0.15) is 10.4 Å². The maximum absolute atomic E-state index is 12.8. The lowest BCUT2D eigenvalue weighted by Crippen LogP contribution is -2.49.